The molecule has 0 saturated carbocycles. The number of hydrogen-bond acceptors (Lipinski definition) is 5. The average molecular weight is 302 g/mol. The Morgan fingerprint density at radius 2 is 2.00 bits per heavy atom. The highest BCUT2D eigenvalue weighted by molar-refractivity contribution is 5.89. The summed E-state index contributed by atoms with van der Waals surface area (Å²) in [6, 6.07) is 0. The van der Waals surface area contributed by atoms with Crippen LogP contribution in [-0.2, 0) is 7.05 Å². The summed E-state index contributed by atoms with van der Waals surface area (Å²) in [5, 5.41) is 5.55. The fourth-order valence-corrected chi connectivity index (χ4v) is 3.57. The summed E-state index contributed by atoms with van der Waals surface area (Å²) in [6.45, 7) is 9.03. The molecule has 0 bridgehead atoms. The normalized spacial score (nSPS) is 17.3. The molecule has 0 aliphatic carbocycles. The molecule has 0 N–H and O–H groups in total. The Kier molecular flexibility index (Phi) is 4.29. The van der Waals surface area contributed by atoms with E-state index in [0.29, 0.717) is 5.92 Å². The van der Waals surface area contributed by atoms with Crippen molar-refractivity contribution in [3.05, 3.63) is 12.0 Å². The zero-order chi connectivity index (χ0) is 15.7. The van der Waals surface area contributed by atoms with Crippen molar-refractivity contribution in [2.75, 3.05) is 38.1 Å². The van der Waals surface area contributed by atoms with Crippen molar-refractivity contribution in [2.24, 2.45) is 13.0 Å². The maximum absolute atomic E-state index is 4.51. The molecular formula is C16H26N6. The SMILES string of the molecule is Cc1nn(C)c2ncnc(N(C)C[C@@H](C)CN3CCCC3)c12. The number of likely N-dealkylation sites (tertiary alicyclic amines) is 1. The van der Waals surface area contributed by atoms with Crippen molar-refractivity contribution in [2.45, 2.75) is 26.7 Å². The summed E-state index contributed by atoms with van der Waals surface area (Å²) < 4.78 is 1.83. The van der Waals surface area contributed by atoms with Gasteiger partial charge < -0.3 is 9.80 Å². The van der Waals surface area contributed by atoms with E-state index >= 15 is 0 Å². The molecule has 6 heteroatoms. The van der Waals surface area contributed by atoms with E-state index < -0.39 is 0 Å². The summed E-state index contributed by atoms with van der Waals surface area (Å²) in [4.78, 5) is 13.7. The van der Waals surface area contributed by atoms with Crippen LogP contribution in [0.25, 0.3) is 11.0 Å². The van der Waals surface area contributed by atoms with E-state index in [4.69, 9.17) is 0 Å². The zero-order valence-corrected chi connectivity index (χ0v) is 14.1. The Bertz CT molecular complexity index is 643. The van der Waals surface area contributed by atoms with E-state index in [2.05, 4.69) is 38.8 Å². The second-order valence-corrected chi connectivity index (χ2v) is 6.60. The Morgan fingerprint density at radius 3 is 2.73 bits per heavy atom. The quantitative estimate of drug-likeness (QED) is 0.843. The molecule has 6 nitrogen and oxygen atoms in total. The molecule has 22 heavy (non-hydrogen) atoms. The van der Waals surface area contributed by atoms with Crippen LogP contribution in [0.4, 0.5) is 5.82 Å². The van der Waals surface area contributed by atoms with E-state index in [9.17, 15) is 0 Å². The van der Waals surface area contributed by atoms with Crippen LogP contribution in [0.3, 0.4) is 0 Å². The average Bonchev–Trinajstić information content (AvgIpc) is 3.08. The molecule has 1 aliphatic rings. The molecule has 0 spiro atoms. The summed E-state index contributed by atoms with van der Waals surface area (Å²) in [7, 11) is 4.05. The van der Waals surface area contributed by atoms with Gasteiger partial charge in [0, 0.05) is 27.2 Å². The van der Waals surface area contributed by atoms with Gasteiger partial charge in [-0.15, -0.1) is 0 Å². The van der Waals surface area contributed by atoms with Gasteiger partial charge in [-0.3, -0.25) is 4.68 Å². The molecule has 0 unspecified atom stereocenters. The van der Waals surface area contributed by atoms with Gasteiger partial charge in [-0.1, -0.05) is 6.92 Å². The van der Waals surface area contributed by atoms with Crippen LogP contribution in [0.1, 0.15) is 25.5 Å². The molecule has 3 rings (SSSR count). The number of hydrogen-bond donors (Lipinski definition) is 0. The second kappa shape index (κ2) is 6.20. The standard InChI is InChI=1S/C16H26N6/c1-12(10-22-7-5-6-8-22)9-20(3)15-14-13(2)19-21(4)16(14)18-11-17-15/h11-12H,5-10H2,1-4H3/t12-/m1/s1. The van der Waals surface area contributed by atoms with E-state index in [1.807, 2.05) is 18.7 Å². The first-order valence-electron chi connectivity index (χ1n) is 8.14. The minimum atomic E-state index is 0.616. The van der Waals surface area contributed by atoms with Gasteiger partial charge in [0.25, 0.3) is 0 Å². The van der Waals surface area contributed by atoms with Gasteiger partial charge >= 0.3 is 0 Å². The van der Waals surface area contributed by atoms with Crippen LogP contribution < -0.4 is 4.90 Å². The molecule has 3 heterocycles. The second-order valence-electron chi connectivity index (χ2n) is 6.60. The number of rotatable bonds is 5. The summed E-state index contributed by atoms with van der Waals surface area (Å²) in [5.74, 6) is 1.61. The van der Waals surface area contributed by atoms with Crippen LogP contribution >= 0.6 is 0 Å². The Morgan fingerprint density at radius 1 is 1.27 bits per heavy atom. The Hall–Kier alpha value is -1.69. The Balaban J connectivity index is 1.75. The first-order valence-corrected chi connectivity index (χ1v) is 8.14. The lowest BCUT2D eigenvalue weighted by Crippen LogP contribution is -2.33. The van der Waals surface area contributed by atoms with Crippen molar-refractivity contribution in [3.63, 3.8) is 0 Å². The van der Waals surface area contributed by atoms with Gasteiger partial charge in [-0.2, -0.15) is 5.10 Å². The zero-order valence-electron chi connectivity index (χ0n) is 14.1. The smallest absolute Gasteiger partial charge is 0.163 e. The highest BCUT2D eigenvalue weighted by Crippen LogP contribution is 2.25. The number of aromatic nitrogens is 4. The fourth-order valence-electron chi connectivity index (χ4n) is 3.57. The highest BCUT2D eigenvalue weighted by Gasteiger charge is 2.19. The third-order valence-electron chi connectivity index (χ3n) is 4.49. The van der Waals surface area contributed by atoms with Crippen LogP contribution in [0, 0.1) is 12.8 Å². The van der Waals surface area contributed by atoms with E-state index in [-0.39, 0.29) is 0 Å². The number of nitrogens with zero attached hydrogens (tertiary/aromatic N) is 6. The first-order chi connectivity index (χ1) is 10.6. The molecule has 1 fully saturated rings. The lowest BCUT2D eigenvalue weighted by atomic mass is 10.1. The van der Waals surface area contributed by atoms with Crippen LogP contribution in [0.15, 0.2) is 6.33 Å². The molecule has 1 atom stereocenters. The molecule has 0 aromatic carbocycles. The largest absolute Gasteiger partial charge is 0.359 e. The van der Waals surface area contributed by atoms with Crippen molar-refractivity contribution >= 4 is 16.9 Å². The third kappa shape index (κ3) is 2.92. The van der Waals surface area contributed by atoms with E-state index in [1.165, 1.54) is 32.5 Å². The predicted molar refractivity (Wildman–Crippen MR) is 89.1 cm³/mol. The molecule has 2 aromatic rings. The van der Waals surface area contributed by atoms with Crippen molar-refractivity contribution in [1.29, 1.82) is 0 Å². The van der Waals surface area contributed by atoms with Crippen LogP contribution in [0.2, 0.25) is 0 Å². The maximum atomic E-state index is 4.51. The molecule has 1 saturated heterocycles. The van der Waals surface area contributed by atoms with Crippen molar-refractivity contribution in [1.82, 2.24) is 24.6 Å². The van der Waals surface area contributed by atoms with Gasteiger partial charge in [-0.05, 0) is 38.8 Å². The van der Waals surface area contributed by atoms with E-state index in [0.717, 1.165) is 29.1 Å². The van der Waals surface area contributed by atoms with Gasteiger partial charge in [0.15, 0.2) is 5.65 Å². The van der Waals surface area contributed by atoms with Crippen molar-refractivity contribution in [3.8, 4) is 0 Å². The fraction of sp³-hybridized carbons (Fsp3) is 0.688. The summed E-state index contributed by atoms with van der Waals surface area (Å²) >= 11 is 0. The van der Waals surface area contributed by atoms with Crippen LogP contribution in [-0.4, -0.2) is 57.9 Å². The molecule has 0 radical (unpaired) electrons. The first kappa shape index (κ1) is 15.2. The third-order valence-corrected chi connectivity index (χ3v) is 4.49. The number of fused-ring (bicyclic) bond motifs is 1. The van der Waals surface area contributed by atoms with Gasteiger partial charge in [0.2, 0.25) is 0 Å². The number of aryl methyl sites for hydroxylation is 2. The minimum Gasteiger partial charge on any atom is -0.359 e. The summed E-state index contributed by atoms with van der Waals surface area (Å²) in [5.41, 5.74) is 1.90. The monoisotopic (exact) mass is 302 g/mol. The van der Waals surface area contributed by atoms with Crippen LogP contribution in [0.5, 0.6) is 0 Å². The highest BCUT2D eigenvalue weighted by atomic mass is 15.3. The molecule has 1 aliphatic heterocycles. The predicted octanol–water partition coefficient (Wildman–Crippen LogP) is 1.84. The minimum absolute atomic E-state index is 0.616. The Labute approximate surface area is 132 Å². The lowest BCUT2D eigenvalue weighted by molar-refractivity contribution is 0.290. The van der Waals surface area contributed by atoms with Gasteiger partial charge in [-0.25, -0.2) is 9.97 Å². The topological polar surface area (TPSA) is 50.1 Å². The molecule has 0 amide bonds. The molecular weight excluding hydrogens is 276 g/mol. The van der Waals surface area contributed by atoms with Gasteiger partial charge in [0.05, 0.1) is 11.1 Å². The van der Waals surface area contributed by atoms with Gasteiger partial charge in [0.1, 0.15) is 12.1 Å². The lowest BCUT2D eigenvalue weighted by Gasteiger charge is -2.26. The number of anilines is 1. The molecule has 2 aromatic heterocycles. The maximum Gasteiger partial charge on any atom is 0.163 e. The summed E-state index contributed by atoms with van der Waals surface area (Å²) in [6.07, 6.45) is 4.34. The van der Waals surface area contributed by atoms with Crippen molar-refractivity contribution < 1.29 is 0 Å². The van der Waals surface area contributed by atoms with E-state index in [1.54, 1.807) is 6.33 Å². The molecule has 120 valence electrons.